The third-order valence-electron chi connectivity index (χ3n) is 3.93. The molecule has 0 atom stereocenters. The van der Waals surface area contributed by atoms with Gasteiger partial charge >= 0.3 is 5.97 Å². The first-order valence-electron chi connectivity index (χ1n) is 8.18. The first kappa shape index (κ1) is 15.9. The number of ether oxygens (including phenoxy) is 1. The van der Waals surface area contributed by atoms with E-state index in [0.29, 0.717) is 23.6 Å². The number of hydrogen-bond donors (Lipinski definition) is 1. The minimum absolute atomic E-state index is 0.344. The van der Waals surface area contributed by atoms with Crippen molar-refractivity contribution in [2.24, 2.45) is 0 Å². The van der Waals surface area contributed by atoms with E-state index in [2.05, 4.69) is 25.8 Å². The third kappa shape index (κ3) is 2.81. The molecule has 0 aliphatic rings. The maximum absolute atomic E-state index is 11.7. The molecule has 0 bridgehead atoms. The van der Waals surface area contributed by atoms with Gasteiger partial charge in [0.15, 0.2) is 5.82 Å². The summed E-state index contributed by atoms with van der Waals surface area (Å²) in [6.07, 6.45) is 0. The molecule has 2 aromatic heterocycles. The SMILES string of the molecule is CCOC(=O)c1ccc(Nc2nc3ccc(C)cc3n3nnnc23)cc1. The Morgan fingerprint density at radius 3 is 2.77 bits per heavy atom. The van der Waals surface area contributed by atoms with Gasteiger partial charge in [0.2, 0.25) is 5.65 Å². The monoisotopic (exact) mass is 348 g/mol. The average molecular weight is 348 g/mol. The van der Waals surface area contributed by atoms with E-state index in [1.807, 2.05) is 25.1 Å². The van der Waals surface area contributed by atoms with Gasteiger partial charge in [-0.25, -0.2) is 9.78 Å². The molecule has 0 aliphatic heterocycles. The Balaban J connectivity index is 1.71. The van der Waals surface area contributed by atoms with Crippen molar-refractivity contribution in [3.05, 3.63) is 53.6 Å². The molecule has 0 radical (unpaired) electrons. The molecule has 0 unspecified atom stereocenters. The molecule has 0 saturated heterocycles. The number of hydrogen-bond acceptors (Lipinski definition) is 7. The number of nitrogens with zero attached hydrogens (tertiary/aromatic N) is 5. The van der Waals surface area contributed by atoms with Crippen molar-refractivity contribution in [1.29, 1.82) is 0 Å². The van der Waals surface area contributed by atoms with E-state index in [4.69, 9.17) is 4.74 Å². The van der Waals surface area contributed by atoms with Crippen LogP contribution in [0.4, 0.5) is 11.5 Å². The molecule has 1 N–H and O–H groups in total. The zero-order valence-electron chi connectivity index (χ0n) is 14.3. The number of nitrogens with one attached hydrogen (secondary N) is 1. The van der Waals surface area contributed by atoms with E-state index < -0.39 is 0 Å². The van der Waals surface area contributed by atoms with E-state index >= 15 is 0 Å². The molecular formula is C18H16N6O2. The molecule has 8 heteroatoms. The van der Waals surface area contributed by atoms with Gasteiger partial charge < -0.3 is 10.1 Å². The van der Waals surface area contributed by atoms with Crippen LogP contribution in [0.5, 0.6) is 0 Å². The highest BCUT2D eigenvalue weighted by atomic mass is 16.5. The van der Waals surface area contributed by atoms with Crippen LogP contribution < -0.4 is 5.32 Å². The van der Waals surface area contributed by atoms with Gasteiger partial charge in [-0.1, -0.05) is 6.07 Å². The molecule has 0 fully saturated rings. The maximum atomic E-state index is 11.7. The number of rotatable bonds is 4. The molecule has 130 valence electrons. The van der Waals surface area contributed by atoms with Crippen LogP contribution in [0.25, 0.3) is 16.7 Å². The quantitative estimate of drug-likeness (QED) is 0.567. The Morgan fingerprint density at radius 1 is 1.19 bits per heavy atom. The lowest BCUT2D eigenvalue weighted by atomic mass is 10.2. The van der Waals surface area contributed by atoms with Crippen molar-refractivity contribution in [3.63, 3.8) is 0 Å². The molecule has 8 nitrogen and oxygen atoms in total. The number of benzene rings is 2. The number of aryl methyl sites for hydroxylation is 1. The summed E-state index contributed by atoms with van der Waals surface area (Å²) in [5.41, 5.74) is 4.51. The van der Waals surface area contributed by atoms with Crippen molar-refractivity contribution in [1.82, 2.24) is 25.0 Å². The van der Waals surface area contributed by atoms with Gasteiger partial charge in [0.1, 0.15) is 0 Å². The summed E-state index contributed by atoms with van der Waals surface area (Å²) in [4.78, 5) is 16.4. The second-order valence-corrected chi connectivity index (χ2v) is 5.79. The van der Waals surface area contributed by atoms with Gasteiger partial charge in [-0.05, 0) is 66.2 Å². The summed E-state index contributed by atoms with van der Waals surface area (Å²) < 4.78 is 6.65. The summed E-state index contributed by atoms with van der Waals surface area (Å²) in [7, 11) is 0. The minimum atomic E-state index is -0.345. The summed E-state index contributed by atoms with van der Waals surface area (Å²) in [5, 5.41) is 15.1. The van der Waals surface area contributed by atoms with Crippen LogP contribution in [0, 0.1) is 6.92 Å². The van der Waals surface area contributed by atoms with E-state index in [-0.39, 0.29) is 5.97 Å². The Kier molecular flexibility index (Phi) is 3.92. The molecule has 26 heavy (non-hydrogen) atoms. The van der Waals surface area contributed by atoms with Crippen LogP contribution >= 0.6 is 0 Å². The molecule has 0 aliphatic carbocycles. The fourth-order valence-corrected chi connectivity index (χ4v) is 2.69. The number of anilines is 2. The fourth-order valence-electron chi connectivity index (χ4n) is 2.69. The van der Waals surface area contributed by atoms with Gasteiger partial charge in [-0.3, -0.25) is 0 Å². The van der Waals surface area contributed by atoms with Gasteiger partial charge in [0.05, 0.1) is 23.2 Å². The molecule has 0 saturated carbocycles. The molecule has 2 aromatic carbocycles. The van der Waals surface area contributed by atoms with Crippen LogP contribution in [-0.2, 0) is 4.74 Å². The molecular weight excluding hydrogens is 332 g/mol. The van der Waals surface area contributed by atoms with E-state index in [1.165, 1.54) is 0 Å². The smallest absolute Gasteiger partial charge is 0.338 e. The first-order chi connectivity index (χ1) is 12.7. The van der Waals surface area contributed by atoms with Crippen molar-refractivity contribution in [3.8, 4) is 0 Å². The number of carbonyl (C=O) groups excluding carboxylic acids is 1. The normalized spacial score (nSPS) is 11.0. The van der Waals surface area contributed by atoms with Gasteiger partial charge in [-0.2, -0.15) is 4.52 Å². The van der Waals surface area contributed by atoms with Crippen LogP contribution in [-0.4, -0.2) is 37.6 Å². The summed E-state index contributed by atoms with van der Waals surface area (Å²) >= 11 is 0. The largest absolute Gasteiger partial charge is 0.462 e. The second kappa shape index (κ2) is 6.40. The number of aromatic nitrogens is 5. The van der Waals surface area contributed by atoms with E-state index in [9.17, 15) is 4.79 Å². The third-order valence-corrected chi connectivity index (χ3v) is 3.93. The Morgan fingerprint density at radius 2 is 2.00 bits per heavy atom. The van der Waals surface area contributed by atoms with Crippen molar-refractivity contribution >= 4 is 34.2 Å². The Bertz CT molecular complexity index is 1100. The van der Waals surface area contributed by atoms with Crippen LogP contribution in [0.2, 0.25) is 0 Å². The Hall–Kier alpha value is -3.55. The molecule has 0 amide bonds. The molecule has 2 heterocycles. The van der Waals surface area contributed by atoms with Crippen LogP contribution in [0.3, 0.4) is 0 Å². The highest BCUT2D eigenvalue weighted by Crippen LogP contribution is 2.23. The van der Waals surface area contributed by atoms with Gasteiger partial charge in [-0.15, -0.1) is 5.10 Å². The summed E-state index contributed by atoms with van der Waals surface area (Å²) in [5.74, 6) is 0.192. The van der Waals surface area contributed by atoms with Gasteiger partial charge in [0, 0.05) is 5.69 Å². The lowest BCUT2D eigenvalue weighted by molar-refractivity contribution is 0.0526. The highest BCUT2D eigenvalue weighted by Gasteiger charge is 2.12. The predicted molar refractivity (Wildman–Crippen MR) is 96.5 cm³/mol. The van der Waals surface area contributed by atoms with Crippen molar-refractivity contribution in [2.75, 3.05) is 11.9 Å². The lowest BCUT2D eigenvalue weighted by Crippen LogP contribution is -2.05. The average Bonchev–Trinajstić information content (AvgIpc) is 3.13. The van der Waals surface area contributed by atoms with Crippen molar-refractivity contribution in [2.45, 2.75) is 13.8 Å². The molecule has 4 aromatic rings. The Labute approximate surface area is 148 Å². The molecule has 4 rings (SSSR count). The van der Waals surface area contributed by atoms with Gasteiger partial charge in [0.25, 0.3) is 0 Å². The predicted octanol–water partition coefficient (Wildman–Crippen LogP) is 2.90. The number of fused-ring (bicyclic) bond motifs is 3. The first-order valence-corrected chi connectivity index (χ1v) is 8.18. The number of carbonyl (C=O) groups is 1. The zero-order chi connectivity index (χ0) is 18.1. The second-order valence-electron chi connectivity index (χ2n) is 5.79. The van der Waals surface area contributed by atoms with Crippen LogP contribution in [0.1, 0.15) is 22.8 Å². The maximum Gasteiger partial charge on any atom is 0.338 e. The minimum Gasteiger partial charge on any atom is -0.462 e. The van der Waals surface area contributed by atoms with E-state index in [0.717, 1.165) is 22.3 Å². The summed E-state index contributed by atoms with van der Waals surface area (Å²) in [6, 6.07) is 12.9. The number of esters is 1. The highest BCUT2D eigenvalue weighted by molar-refractivity contribution is 5.90. The standard InChI is InChI=1S/C18H16N6O2/c1-3-26-18(25)12-5-7-13(8-6-12)19-16-17-21-22-23-24(17)15-10-11(2)4-9-14(15)20-16/h4-10H,3H2,1-2H3,(H,19,20). The van der Waals surface area contributed by atoms with Crippen LogP contribution in [0.15, 0.2) is 42.5 Å². The lowest BCUT2D eigenvalue weighted by Gasteiger charge is -2.09. The number of tetrazole rings is 1. The fraction of sp³-hybridized carbons (Fsp3) is 0.167. The zero-order valence-corrected chi connectivity index (χ0v) is 14.3. The topological polar surface area (TPSA) is 94.3 Å². The van der Waals surface area contributed by atoms with E-state index in [1.54, 1.807) is 35.7 Å². The summed E-state index contributed by atoms with van der Waals surface area (Å²) in [6.45, 7) is 4.13. The van der Waals surface area contributed by atoms with Crippen molar-refractivity contribution < 1.29 is 9.53 Å². The molecule has 0 spiro atoms.